The third-order valence-corrected chi connectivity index (χ3v) is 11.8. The summed E-state index contributed by atoms with van der Waals surface area (Å²) < 4.78 is 0.883. The van der Waals surface area contributed by atoms with Crippen LogP contribution in [0.4, 0.5) is 0 Å². The Kier molecular flexibility index (Phi) is 6.91. The molecule has 0 nitrogen and oxygen atoms in total. The smallest absolute Gasteiger partial charge is 0.0147 e. The summed E-state index contributed by atoms with van der Waals surface area (Å²) in [5.41, 5.74) is 2.96. The molecule has 0 aromatic carbocycles. The second-order valence-corrected chi connectivity index (χ2v) is 14.1. The molecule has 0 N–H and O–H groups in total. The molecule has 0 aromatic rings. The second-order valence-electron chi connectivity index (χ2n) is 12.4. The van der Waals surface area contributed by atoms with Gasteiger partial charge in [-0.1, -0.05) is 87.9 Å². The topological polar surface area (TPSA) is 0 Å². The Balaban J connectivity index is 1.52. The molecule has 0 spiro atoms. The molecule has 3 saturated carbocycles. The minimum atomic E-state index is 0.529. The van der Waals surface area contributed by atoms with Gasteiger partial charge in [-0.15, -0.1) is 0 Å². The lowest BCUT2D eigenvalue weighted by Crippen LogP contribution is -2.50. The van der Waals surface area contributed by atoms with Gasteiger partial charge in [-0.05, 0) is 110 Å². The zero-order valence-corrected chi connectivity index (χ0v) is 22.8. The fourth-order valence-corrected chi connectivity index (χ4v) is 9.59. The highest BCUT2D eigenvalue weighted by molar-refractivity contribution is 14.1. The number of alkyl halides is 1. The SMILES string of the molecule is CC[C@H](/C=C/[C@@H](C)[C@H]1CC[C@H]2[C@@H]3CC=C4C[C@@H](I)CC[C@]4(C)[C@H]3CC[C@]12C)C(C)C. The van der Waals surface area contributed by atoms with E-state index in [9.17, 15) is 0 Å². The van der Waals surface area contributed by atoms with Crippen LogP contribution in [0.3, 0.4) is 0 Å². The van der Waals surface area contributed by atoms with Gasteiger partial charge >= 0.3 is 0 Å². The summed E-state index contributed by atoms with van der Waals surface area (Å²) in [5, 5.41) is 0. The molecule has 0 radical (unpaired) electrons. The van der Waals surface area contributed by atoms with Gasteiger partial charge in [0, 0.05) is 3.92 Å². The van der Waals surface area contributed by atoms with Crippen molar-refractivity contribution in [3.63, 3.8) is 0 Å². The molecule has 0 heterocycles. The molecule has 4 aliphatic rings. The first-order valence-electron chi connectivity index (χ1n) is 13.2. The largest absolute Gasteiger partial charge is 0.0851 e. The fourth-order valence-electron chi connectivity index (χ4n) is 8.80. The van der Waals surface area contributed by atoms with Crippen molar-refractivity contribution in [1.82, 2.24) is 0 Å². The van der Waals surface area contributed by atoms with Gasteiger partial charge < -0.3 is 0 Å². The molecule has 0 aromatic heterocycles. The lowest BCUT2D eigenvalue weighted by molar-refractivity contribution is -0.0457. The molecule has 0 bridgehead atoms. The fraction of sp³-hybridized carbons (Fsp3) is 0.862. The number of halogens is 1. The highest BCUT2D eigenvalue weighted by Gasteiger charge is 2.58. The molecule has 4 rings (SSSR count). The zero-order valence-electron chi connectivity index (χ0n) is 20.6. The normalized spacial score (nSPS) is 45.6. The molecule has 30 heavy (non-hydrogen) atoms. The van der Waals surface area contributed by atoms with Gasteiger partial charge in [-0.25, -0.2) is 0 Å². The Morgan fingerprint density at radius 3 is 2.50 bits per heavy atom. The van der Waals surface area contributed by atoms with Crippen LogP contribution in [-0.4, -0.2) is 3.92 Å². The standard InChI is InChI=1S/C29H47I/c1-7-21(19(2)3)9-8-20(4)25-12-13-26-24-11-10-22-18-23(30)14-16-28(22,5)27(24)15-17-29(25,26)6/h8-10,19-21,23-27H,7,11-18H2,1-6H3/b9-8+/t20-,21-,23+,24+,25-,26+,27+,28+,29-/m1/s1. The molecule has 170 valence electrons. The summed E-state index contributed by atoms with van der Waals surface area (Å²) in [5.74, 6) is 6.05. The van der Waals surface area contributed by atoms with E-state index in [1.165, 1.54) is 57.8 Å². The van der Waals surface area contributed by atoms with Crippen LogP contribution in [0.1, 0.15) is 99.3 Å². The lowest BCUT2D eigenvalue weighted by Gasteiger charge is -2.58. The van der Waals surface area contributed by atoms with Crippen molar-refractivity contribution in [3.8, 4) is 0 Å². The molecule has 3 fully saturated rings. The minimum absolute atomic E-state index is 0.529. The van der Waals surface area contributed by atoms with E-state index in [0.717, 1.165) is 45.3 Å². The van der Waals surface area contributed by atoms with E-state index in [0.29, 0.717) is 10.8 Å². The summed E-state index contributed by atoms with van der Waals surface area (Å²) in [7, 11) is 0. The van der Waals surface area contributed by atoms with Crippen molar-refractivity contribution in [1.29, 1.82) is 0 Å². The zero-order chi connectivity index (χ0) is 21.7. The minimum Gasteiger partial charge on any atom is -0.0851 e. The van der Waals surface area contributed by atoms with Crippen LogP contribution in [0, 0.1) is 52.3 Å². The Labute approximate surface area is 201 Å². The molecule has 0 saturated heterocycles. The van der Waals surface area contributed by atoms with Crippen molar-refractivity contribution in [2.45, 2.75) is 103 Å². The van der Waals surface area contributed by atoms with Gasteiger partial charge in [0.25, 0.3) is 0 Å². The third kappa shape index (κ3) is 3.90. The summed E-state index contributed by atoms with van der Waals surface area (Å²) in [4.78, 5) is 0. The molecular formula is C29H47I. The average molecular weight is 523 g/mol. The van der Waals surface area contributed by atoms with Gasteiger partial charge in [0.05, 0.1) is 0 Å². The van der Waals surface area contributed by atoms with E-state index in [2.05, 4.69) is 82.4 Å². The quantitative estimate of drug-likeness (QED) is 0.192. The molecule has 0 unspecified atom stereocenters. The number of hydrogen-bond donors (Lipinski definition) is 0. The molecule has 9 atom stereocenters. The third-order valence-electron chi connectivity index (χ3n) is 10.7. The predicted octanol–water partition coefficient (Wildman–Crippen LogP) is 9.24. The van der Waals surface area contributed by atoms with Crippen LogP contribution >= 0.6 is 22.6 Å². The van der Waals surface area contributed by atoms with Crippen LogP contribution in [0.5, 0.6) is 0 Å². The number of hydrogen-bond acceptors (Lipinski definition) is 0. The summed E-state index contributed by atoms with van der Waals surface area (Å²) in [6, 6.07) is 0. The maximum absolute atomic E-state index is 2.74. The highest BCUT2D eigenvalue weighted by atomic mass is 127. The van der Waals surface area contributed by atoms with E-state index in [1.54, 1.807) is 0 Å². The second kappa shape index (κ2) is 8.86. The van der Waals surface area contributed by atoms with E-state index in [1.807, 2.05) is 5.57 Å². The van der Waals surface area contributed by atoms with Crippen molar-refractivity contribution in [2.24, 2.45) is 52.3 Å². The maximum Gasteiger partial charge on any atom is 0.0147 e. The molecule has 0 aliphatic heterocycles. The Hall–Kier alpha value is 0.210. The van der Waals surface area contributed by atoms with E-state index < -0.39 is 0 Å². The van der Waals surface area contributed by atoms with Crippen LogP contribution in [-0.2, 0) is 0 Å². The van der Waals surface area contributed by atoms with Crippen molar-refractivity contribution >= 4 is 22.6 Å². The van der Waals surface area contributed by atoms with E-state index in [-0.39, 0.29) is 0 Å². The van der Waals surface area contributed by atoms with E-state index >= 15 is 0 Å². The van der Waals surface area contributed by atoms with Crippen molar-refractivity contribution in [3.05, 3.63) is 23.8 Å². The first-order valence-corrected chi connectivity index (χ1v) is 14.5. The number of allylic oxidation sites excluding steroid dienone is 4. The van der Waals surface area contributed by atoms with Gasteiger partial charge in [-0.3, -0.25) is 0 Å². The predicted molar refractivity (Wildman–Crippen MR) is 140 cm³/mol. The van der Waals surface area contributed by atoms with Crippen molar-refractivity contribution < 1.29 is 0 Å². The first kappa shape index (κ1) is 23.4. The Morgan fingerprint density at radius 1 is 1.03 bits per heavy atom. The summed E-state index contributed by atoms with van der Waals surface area (Å²) in [6.07, 6.45) is 20.8. The van der Waals surface area contributed by atoms with Gasteiger partial charge in [0.15, 0.2) is 0 Å². The lowest BCUT2D eigenvalue weighted by atomic mass is 9.47. The highest BCUT2D eigenvalue weighted by Crippen LogP contribution is 2.67. The maximum atomic E-state index is 2.74. The molecule has 1 heteroatoms. The van der Waals surface area contributed by atoms with Crippen LogP contribution in [0.2, 0.25) is 0 Å². The monoisotopic (exact) mass is 522 g/mol. The Bertz CT molecular complexity index is 674. The number of rotatable bonds is 5. The van der Waals surface area contributed by atoms with Crippen molar-refractivity contribution in [2.75, 3.05) is 0 Å². The van der Waals surface area contributed by atoms with Crippen LogP contribution in [0.25, 0.3) is 0 Å². The van der Waals surface area contributed by atoms with Gasteiger partial charge in [0.1, 0.15) is 0 Å². The van der Waals surface area contributed by atoms with Crippen LogP contribution < -0.4 is 0 Å². The van der Waals surface area contributed by atoms with Gasteiger partial charge in [-0.2, -0.15) is 0 Å². The number of fused-ring (bicyclic) bond motifs is 5. The Morgan fingerprint density at radius 2 is 1.80 bits per heavy atom. The van der Waals surface area contributed by atoms with E-state index in [4.69, 9.17) is 0 Å². The molecular weight excluding hydrogens is 475 g/mol. The summed E-state index contributed by atoms with van der Waals surface area (Å²) in [6.45, 7) is 15.0. The molecule has 4 aliphatic carbocycles. The first-order chi connectivity index (χ1) is 14.2. The van der Waals surface area contributed by atoms with Crippen LogP contribution in [0.15, 0.2) is 23.8 Å². The summed E-state index contributed by atoms with van der Waals surface area (Å²) >= 11 is 2.71. The molecule has 0 amide bonds. The average Bonchev–Trinajstić information content (AvgIpc) is 3.06. The van der Waals surface area contributed by atoms with Gasteiger partial charge in [0.2, 0.25) is 0 Å².